The van der Waals surface area contributed by atoms with E-state index < -0.39 is 0 Å². The number of rotatable bonds is 7. The topological polar surface area (TPSA) is 24.5 Å². The molecule has 0 aromatic carbocycles. The second-order valence-corrected chi connectivity index (χ2v) is 6.91. The molecule has 1 aliphatic heterocycles. The zero-order valence-electron chi connectivity index (χ0n) is 13.0. The molecule has 18 heavy (non-hydrogen) atoms. The van der Waals surface area contributed by atoms with Crippen LogP contribution in [0.1, 0.15) is 47.5 Å². The molecule has 3 heteroatoms. The van der Waals surface area contributed by atoms with Gasteiger partial charge in [0.15, 0.2) is 0 Å². The van der Waals surface area contributed by atoms with E-state index in [0.717, 1.165) is 19.1 Å². The Morgan fingerprint density at radius 2 is 2.06 bits per heavy atom. The lowest BCUT2D eigenvalue weighted by molar-refractivity contribution is -0.0147. The Balaban J connectivity index is 2.30. The third-order valence-electron chi connectivity index (χ3n) is 3.21. The van der Waals surface area contributed by atoms with Crippen LogP contribution < -0.4 is 5.32 Å². The molecular weight excluding hydrogens is 224 g/mol. The van der Waals surface area contributed by atoms with E-state index in [1.807, 2.05) is 0 Å². The highest BCUT2D eigenvalue weighted by molar-refractivity contribution is 4.78. The van der Waals surface area contributed by atoms with Crippen molar-refractivity contribution in [3.8, 4) is 0 Å². The van der Waals surface area contributed by atoms with Gasteiger partial charge in [-0.15, -0.1) is 0 Å². The summed E-state index contributed by atoms with van der Waals surface area (Å²) in [4.78, 5) is 2.55. The largest absolute Gasteiger partial charge is 0.375 e. The fourth-order valence-corrected chi connectivity index (χ4v) is 2.48. The minimum atomic E-state index is -0.0187. The van der Waals surface area contributed by atoms with E-state index in [2.05, 4.69) is 44.8 Å². The van der Waals surface area contributed by atoms with Gasteiger partial charge < -0.3 is 10.1 Å². The minimum Gasteiger partial charge on any atom is -0.375 e. The molecule has 1 heterocycles. The zero-order valence-corrected chi connectivity index (χ0v) is 13.0. The van der Waals surface area contributed by atoms with Crippen LogP contribution in [0.5, 0.6) is 0 Å². The summed E-state index contributed by atoms with van der Waals surface area (Å²) in [5.74, 6) is 0.723. The molecule has 0 aromatic rings. The van der Waals surface area contributed by atoms with Gasteiger partial charge >= 0.3 is 0 Å². The minimum absolute atomic E-state index is 0.0187. The van der Waals surface area contributed by atoms with Crippen LogP contribution in [0.15, 0.2) is 0 Å². The van der Waals surface area contributed by atoms with Gasteiger partial charge in [-0.05, 0) is 46.1 Å². The first kappa shape index (κ1) is 15.9. The first-order valence-electron chi connectivity index (χ1n) is 7.46. The highest BCUT2D eigenvalue weighted by atomic mass is 16.5. The Hall–Kier alpha value is -0.120. The van der Waals surface area contributed by atoms with Crippen molar-refractivity contribution in [1.29, 1.82) is 0 Å². The lowest BCUT2D eigenvalue weighted by atomic mass is 10.1. The highest BCUT2D eigenvalue weighted by Crippen LogP contribution is 2.10. The van der Waals surface area contributed by atoms with Crippen LogP contribution in [-0.4, -0.2) is 49.3 Å². The van der Waals surface area contributed by atoms with Crippen LogP contribution in [0.4, 0.5) is 0 Å². The molecule has 1 atom stereocenters. The molecule has 1 aliphatic rings. The maximum Gasteiger partial charge on any atom is 0.0600 e. The van der Waals surface area contributed by atoms with Gasteiger partial charge in [-0.3, -0.25) is 4.90 Å². The number of nitrogens with zero attached hydrogens (tertiary/aromatic N) is 1. The Labute approximate surface area is 113 Å². The maximum absolute atomic E-state index is 5.84. The van der Waals surface area contributed by atoms with Crippen LogP contribution in [0.2, 0.25) is 0 Å². The number of hydrogen-bond donors (Lipinski definition) is 1. The molecule has 0 amide bonds. The Bertz CT molecular complexity index is 217. The molecule has 0 aliphatic carbocycles. The molecule has 1 fully saturated rings. The zero-order chi connectivity index (χ0) is 13.6. The maximum atomic E-state index is 5.84. The molecule has 0 saturated carbocycles. The average Bonchev–Trinajstić information content (AvgIpc) is 2.67. The molecule has 1 N–H and O–H groups in total. The van der Waals surface area contributed by atoms with Crippen LogP contribution in [0, 0.1) is 5.92 Å². The normalized spacial score (nSPS) is 21.2. The summed E-state index contributed by atoms with van der Waals surface area (Å²) in [5.41, 5.74) is -0.0187. The lowest BCUT2D eigenvalue weighted by Gasteiger charge is -2.29. The van der Waals surface area contributed by atoms with Crippen molar-refractivity contribution >= 4 is 0 Å². The predicted octanol–water partition coefficient (Wildman–Crippen LogP) is 2.51. The van der Waals surface area contributed by atoms with Crippen molar-refractivity contribution in [2.45, 2.75) is 59.1 Å². The number of hydrogen-bond acceptors (Lipinski definition) is 3. The molecule has 1 unspecified atom stereocenters. The predicted molar refractivity (Wildman–Crippen MR) is 78.0 cm³/mol. The SMILES string of the molecule is CC(C)CN(CCOC(C)(C)C)CC1CCCN1. The summed E-state index contributed by atoms with van der Waals surface area (Å²) < 4.78 is 5.84. The second kappa shape index (κ2) is 7.46. The van der Waals surface area contributed by atoms with Crippen molar-refractivity contribution < 1.29 is 4.74 Å². The lowest BCUT2D eigenvalue weighted by Crippen LogP contribution is -2.41. The summed E-state index contributed by atoms with van der Waals surface area (Å²) in [6.45, 7) is 16.4. The Morgan fingerprint density at radius 3 is 2.56 bits per heavy atom. The van der Waals surface area contributed by atoms with Gasteiger partial charge in [0.25, 0.3) is 0 Å². The fraction of sp³-hybridized carbons (Fsp3) is 1.00. The van der Waals surface area contributed by atoms with Crippen molar-refractivity contribution in [2.75, 3.05) is 32.8 Å². The monoisotopic (exact) mass is 256 g/mol. The molecule has 108 valence electrons. The first-order valence-corrected chi connectivity index (χ1v) is 7.46. The molecule has 0 spiro atoms. The van der Waals surface area contributed by atoms with Gasteiger partial charge in [-0.1, -0.05) is 13.8 Å². The molecule has 1 rings (SSSR count). The summed E-state index contributed by atoms with van der Waals surface area (Å²) in [5, 5.41) is 3.58. The quantitative estimate of drug-likeness (QED) is 0.757. The first-order chi connectivity index (χ1) is 8.37. The van der Waals surface area contributed by atoms with E-state index in [1.165, 1.54) is 32.5 Å². The summed E-state index contributed by atoms with van der Waals surface area (Å²) in [6, 6.07) is 0.693. The van der Waals surface area contributed by atoms with Gasteiger partial charge in [-0.2, -0.15) is 0 Å². The third kappa shape index (κ3) is 7.34. The van der Waals surface area contributed by atoms with E-state index in [4.69, 9.17) is 4.74 Å². The molecule has 0 aromatic heterocycles. The number of nitrogens with one attached hydrogen (secondary N) is 1. The average molecular weight is 256 g/mol. The third-order valence-corrected chi connectivity index (χ3v) is 3.21. The molecular formula is C15H32N2O. The van der Waals surface area contributed by atoms with Gasteiger partial charge in [0.05, 0.1) is 12.2 Å². The molecule has 1 saturated heterocycles. The van der Waals surface area contributed by atoms with Crippen molar-refractivity contribution in [2.24, 2.45) is 5.92 Å². The smallest absolute Gasteiger partial charge is 0.0600 e. The summed E-state index contributed by atoms with van der Waals surface area (Å²) >= 11 is 0. The van der Waals surface area contributed by atoms with Gasteiger partial charge in [-0.25, -0.2) is 0 Å². The van der Waals surface area contributed by atoms with E-state index >= 15 is 0 Å². The Kier molecular flexibility index (Phi) is 6.61. The van der Waals surface area contributed by atoms with E-state index in [-0.39, 0.29) is 5.60 Å². The van der Waals surface area contributed by atoms with Gasteiger partial charge in [0, 0.05) is 25.7 Å². The van der Waals surface area contributed by atoms with Crippen LogP contribution in [-0.2, 0) is 4.74 Å². The van der Waals surface area contributed by atoms with E-state index in [1.54, 1.807) is 0 Å². The van der Waals surface area contributed by atoms with E-state index in [9.17, 15) is 0 Å². The molecule has 0 radical (unpaired) electrons. The molecule has 3 nitrogen and oxygen atoms in total. The van der Waals surface area contributed by atoms with Crippen molar-refractivity contribution in [3.63, 3.8) is 0 Å². The fourth-order valence-electron chi connectivity index (χ4n) is 2.48. The van der Waals surface area contributed by atoms with Crippen molar-refractivity contribution in [1.82, 2.24) is 10.2 Å². The Morgan fingerprint density at radius 1 is 1.33 bits per heavy atom. The standard InChI is InChI=1S/C15H32N2O/c1-13(2)11-17(9-10-18-15(3,4)5)12-14-7-6-8-16-14/h13-14,16H,6-12H2,1-5H3. The van der Waals surface area contributed by atoms with E-state index in [0.29, 0.717) is 6.04 Å². The van der Waals surface area contributed by atoms with Crippen LogP contribution in [0.25, 0.3) is 0 Å². The molecule has 0 bridgehead atoms. The van der Waals surface area contributed by atoms with Crippen molar-refractivity contribution in [3.05, 3.63) is 0 Å². The summed E-state index contributed by atoms with van der Waals surface area (Å²) in [7, 11) is 0. The summed E-state index contributed by atoms with van der Waals surface area (Å²) in [6.07, 6.45) is 2.66. The number of ether oxygens (including phenoxy) is 1. The van der Waals surface area contributed by atoms with Gasteiger partial charge in [0.2, 0.25) is 0 Å². The van der Waals surface area contributed by atoms with Crippen LogP contribution >= 0.6 is 0 Å². The van der Waals surface area contributed by atoms with Gasteiger partial charge in [0.1, 0.15) is 0 Å². The highest BCUT2D eigenvalue weighted by Gasteiger charge is 2.19. The van der Waals surface area contributed by atoms with Crippen LogP contribution in [0.3, 0.4) is 0 Å². The second-order valence-electron chi connectivity index (χ2n) is 6.91.